The molecule has 3 aliphatic heterocycles. The molecule has 3 aromatic carbocycles. The Bertz CT molecular complexity index is 2500. The largest absolute Gasteiger partial charge is 0.391 e. The Morgan fingerprint density at radius 1 is 0.871 bits per heavy atom. The lowest BCUT2D eigenvalue weighted by atomic mass is 9.85. The van der Waals surface area contributed by atoms with Gasteiger partial charge in [-0.3, -0.25) is 33.7 Å². The van der Waals surface area contributed by atoms with Crippen LogP contribution in [0.4, 0.5) is 5.69 Å². The maximum Gasteiger partial charge on any atom is 0.246 e. The summed E-state index contributed by atoms with van der Waals surface area (Å²) in [4.78, 5) is 89.0. The van der Waals surface area contributed by atoms with Crippen molar-refractivity contribution < 1.29 is 38.6 Å². The van der Waals surface area contributed by atoms with Crippen LogP contribution in [0.3, 0.4) is 0 Å². The molecule has 1 saturated heterocycles. The van der Waals surface area contributed by atoms with Crippen LogP contribution in [-0.4, -0.2) is 100 Å². The molecule has 0 unspecified atom stereocenters. The molecule has 0 saturated carbocycles. The van der Waals surface area contributed by atoms with Gasteiger partial charge in [-0.05, 0) is 91.2 Å². The van der Waals surface area contributed by atoms with Crippen LogP contribution in [0.5, 0.6) is 0 Å². The topological polar surface area (TPSA) is 199 Å². The number of para-hydroxylation sites is 1. The molecule has 7 rings (SSSR count). The van der Waals surface area contributed by atoms with E-state index in [0.717, 1.165) is 75.3 Å². The van der Waals surface area contributed by atoms with Gasteiger partial charge >= 0.3 is 0 Å². The molecule has 1 aromatic heterocycles. The van der Waals surface area contributed by atoms with E-state index < -0.39 is 47.7 Å². The highest BCUT2D eigenvalue weighted by Gasteiger charge is 2.45. The molecule has 0 aliphatic carbocycles. The molecule has 4 aromatic rings. The van der Waals surface area contributed by atoms with Crippen molar-refractivity contribution in [2.24, 2.45) is 5.41 Å². The number of thiazole rings is 1. The quantitative estimate of drug-likeness (QED) is 0.0675. The number of amides is 6. The Labute approximate surface area is 415 Å². The highest BCUT2D eigenvalue weighted by molar-refractivity contribution is 7.13. The Morgan fingerprint density at radius 3 is 2.29 bits per heavy atom. The zero-order chi connectivity index (χ0) is 50.1. The molecule has 70 heavy (non-hydrogen) atoms. The lowest BCUT2D eigenvalue weighted by Gasteiger charge is -2.35. The molecule has 5 N–H and O–H groups in total. The van der Waals surface area contributed by atoms with E-state index >= 15 is 0 Å². The third-order valence-electron chi connectivity index (χ3n) is 13.8. The van der Waals surface area contributed by atoms with Crippen LogP contribution in [0.15, 0.2) is 72.2 Å². The second kappa shape index (κ2) is 23.3. The number of aryl methyl sites for hydroxylation is 3. The Balaban J connectivity index is 0.861. The second-order valence-electron chi connectivity index (χ2n) is 20.1. The van der Waals surface area contributed by atoms with Gasteiger partial charge in [0.15, 0.2) is 0 Å². The van der Waals surface area contributed by atoms with Crippen molar-refractivity contribution in [1.82, 2.24) is 31.2 Å². The average molecular weight is 976 g/mol. The van der Waals surface area contributed by atoms with Crippen molar-refractivity contribution in [3.63, 3.8) is 0 Å². The summed E-state index contributed by atoms with van der Waals surface area (Å²) >= 11 is 1.57. The number of nitrogens with one attached hydrogen (secondary N) is 4. The van der Waals surface area contributed by atoms with Gasteiger partial charge in [-0.25, -0.2) is 4.98 Å². The van der Waals surface area contributed by atoms with E-state index in [-0.39, 0.29) is 68.5 Å². The van der Waals surface area contributed by atoms with Gasteiger partial charge in [-0.15, -0.1) is 11.3 Å². The summed E-state index contributed by atoms with van der Waals surface area (Å²) in [5.74, 6) is -1.44. The monoisotopic (exact) mass is 975 g/mol. The van der Waals surface area contributed by atoms with Crippen LogP contribution < -0.4 is 26.2 Å². The van der Waals surface area contributed by atoms with Gasteiger partial charge in [0.25, 0.3) is 0 Å². The van der Waals surface area contributed by atoms with E-state index in [4.69, 9.17) is 4.74 Å². The lowest BCUT2D eigenvalue weighted by Crippen LogP contribution is -2.57. The number of likely N-dealkylation sites (tertiary alicyclic amines) is 1. The highest BCUT2D eigenvalue weighted by atomic mass is 32.1. The SMILES string of the molecule is CNC(=O)CC[C@H](NC(=O)[C@@H]1Cc2cccc3c2N1C(=O)CCC3)[C@@H](C)OCc1ccc(CCCCC(=O)N[C@H](C(=O)N2C[C@H](O)C[C@H]2C(=O)NCc2ccc(-c3scnc3C)cc2)C(C)(C)C)cc1. The number of β-amino-alcohol motifs (C(OH)–C–C–N with tert-alkyl or cyclic N) is 1. The number of aliphatic hydroxyl groups is 1. The molecule has 15 nitrogen and oxygen atoms in total. The van der Waals surface area contributed by atoms with Crippen molar-refractivity contribution in [3.8, 4) is 10.4 Å². The zero-order valence-electron chi connectivity index (χ0n) is 41.3. The second-order valence-corrected chi connectivity index (χ2v) is 20.9. The van der Waals surface area contributed by atoms with Gasteiger partial charge in [0, 0.05) is 52.2 Å². The molecule has 3 aliphatic rings. The van der Waals surface area contributed by atoms with E-state index in [0.29, 0.717) is 25.7 Å². The normalized spacial score (nSPS) is 18.9. The highest BCUT2D eigenvalue weighted by Crippen LogP contribution is 2.39. The van der Waals surface area contributed by atoms with Crippen LogP contribution in [0, 0.1) is 12.3 Å². The number of aromatic nitrogens is 1. The fourth-order valence-corrected chi connectivity index (χ4v) is 10.5. The van der Waals surface area contributed by atoms with Gasteiger partial charge < -0.3 is 36.0 Å². The van der Waals surface area contributed by atoms with Crippen LogP contribution in [0.1, 0.15) is 113 Å². The molecule has 0 spiro atoms. The van der Waals surface area contributed by atoms with Gasteiger partial charge in [-0.2, -0.15) is 0 Å². The van der Waals surface area contributed by atoms with Crippen LogP contribution in [0.2, 0.25) is 0 Å². The molecule has 374 valence electrons. The van der Waals surface area contributed by atoms with Crippen molar-refractivity contribution in [3.05, 3.63) is 106 Å². The van der Waals surface area contributed by atoms with Crippen LogP contribution in [-0.2, 0) is 65.9 Å². The number of rotatable bonds is 20. The minimum Gasteiger partial charge on any atom is -0.391 e. The first-order chi connectivity index (χ1) is 33.5. The zero-order valence-corrected chi connectivity index (χ0v) is 42.2. The third-order valence-corrected chi connectivity index (χ3v) is 14.8. The van der Waals surface area contributed by atoms with E-state index in [9.17, 15) is 33.9 Å². The predicted molar refractivity (Wildman–Crippen MR) is 269 cm³/mol. The fourth-order valence-electron chi connectivity index (χ4n) is 9.72. The number of hydrogen-bond acceptors (Lipinski definition) is 10. The van der Waals surface area contributed by atoms with Crippen LogP contribution >= 0.6 is 11.3 Å². The fraction of sp³-hybridized carbons (Fsp3) is 0.500. The molecular formula is C54H69N7O8S. The predicted octanol–water partition coefficient (Wildman–Crippen LogP) is 5.85. The first-order valence-electron chi connectivity index (χ1n) is 24.7. The number of anilines is 1. The summed E-state index contributed by atoms with van der Waals surface area (Å²) in [5, 5.41) is 22.3. The molecule has 0 bridgehead atoms. The number of hydrogen-bond donors (Lipinski definition) is 5. The minimum atomic E-state index is -0.901. The van der Waals surface area contributed by atoms with Crippen molar-refractivity contribution in [2.45, 2.75) is 155 Å². The number of nitrogens with zero attached hydrogens (tertiary/aromatic N) is 3. The maximum atomic E-state index is 14.1. The smallest absolute Gasteiger partial charge is 0.246 e. The summed E-state index contributed by atoms with van der Waals surface area (Å²) in [6, 6.07) is 19.1. The number of benzene rings is 3. The average Bonchev–Trinajstić information content (AvgIpc) is 4.05. The first kappa shape index (κ1) is 51.9. The number of aliphatic hydroxyl groups excluding tert-OH is 1. The minimum absolute atomic E-state index is 0.00402. The standard InChI is InChI=1S/C54H69N7O8S/c1-33-49(70-32-57-33)39-23-21-36(22-24-39)29-56-51(66)43-28-41(62)30-60(43)53(68)50(54(3,4)5)59-46(64)15-8-7-11-35-17-19-37(20-18-35)31-69-34(2)42(25-26-45(63)55-6)58-52(67)44-27-40-14-9-12-38-13-10-16-47(65)61(44)48(38)40/h9,12,14,17-24,32,34,41-44,50,62H,7-8,10-11,13,15-16,25-31H2,1-6H3,(H,55,63)(H,56,66)(H,58,67)(H,59,64)/t34-,41-,42+,43+,44+,50-/m1/s1. The van der Waals surface area contributed by atoms with E-state index in [1.54, 1.807) is 23.3 Å². The van der Waals surface area contributed by atoms with Crippen LogP contribution in [0.25, 0.3) is 10.4 Å². The summed E-state index contributed by atoms with van der Waals surface area (Å²) in [6.45, 7) is 10.0. The maximum absolute atomic E-state index is 14.1. The van der Waals surface area contributed by atoms with Gasteiger partial charge in [0.05, 0.1) is 46.6 Å². The van der Waals surface area contributed by atoms with Crippen molar-refractivity contribution in [1.29, 1.82) is 0 Å². The first-order valence-corrected chi connectivity index (χ1v) is 25.6. The molecule has 16 heteroatoms. The molecule has 4 heterocycles. The molecule has 1 fully saturated rings. The Morgan fingerprint density at radius 2 is 1.59 bits per heavy atom. The number of carbonyl (C=O) groups is 6. The summed E-state index contributed by atoms with van der Waals surface area (Å²) in [7, 11) is 1.58. The van der Waals surface area contributed by atoms with E-state index in [1.807, 2.05) is 107 Å². The summed E-state index contributed by atoms with van der Waals surface area (Å²) in [5.41, 5.74) is 9.08. The van der Waals surface area contributed by atoms with E-state index in [1.165, 1.54) is 4.90 Å². The van der Waals surface area contributed by atoms with E-state index in [2.05, 4.69) is 26.3 Å². The number of ether oxygens (including phenoxy) is 1. The molecular weight excluding hydrogens is 907 g/mol. The number of unbranched alkanes of at least 4 members (excludes halogenated alkanes) is 1. The number of carbonyl (C=O) groups excluding carboxylic acids is 6. The lowest BCUT2D eigenvalue weighted by molar-refractivity contribution is -0.144. The van der Waals surface area contributed by atoms with Crippen molar-refractivity contribution >= 4 is 52.5 Å². The Hall–Kier alpha value is -5.97. The van der Waals surface area contributed by atoms with Gasteiger partial charge in [0.2, 0.25) is 35.4 Å². The molecule has 0 radical (unpaired) electrons. The third kappa shape index (κ3) is 12.9. The van der Waals surface area contributed by atoms with Crippen molar-refractivity contribution in [2.75, 3.05) is 18.5 Å². The molecule has 6 amide bonds. The molecule has 6 atom stereocenters. The van der Waals surface area contributed by atoms with Gasteiger partial charge in [0.1, 0.15) is 18.1 Å². The summed E-state index contributed by atoms with van der Waals surface area (Å²) in [6.07, 6.45) is 4.06. The Kier molecular flexibility index (Phi) is 17.3. The van der Waals surface area contributed by atoms with Gasteiger partial charge in [-0.1, -0.05) is 87.5 Å². The summed E-state index contributed by atoms with van der Waals surface area (Å²) < 4.78 is 6.31.